The van der Waals surface area contributed by atoms with Gasteiger partial charge >= 0.3 is 0 Å². The molecule has 0 N–H and O–H groups in total. The van der Waals surface area contributed by atoms with E-state index in [1.807, 2.05) is 0 Å². The highest BCUT2D eigenvalue weighted by molar-refractivity contribution is 5.23. The van der Waals surface area contributed by atoms with Gasteiger partial charge in [-0.2, -0.15) is 0 Å². The Labute approximate surface area is 171 Å². The molecule has 0 heterocycles. The topological polar surface area (TPSA) is 0 Å². The first-order valence-electron chi connectivity index (χ1n) is 10.9. The summed E-state index contributed by atoms with van der Waals surface area (Å²) in [7, 11) is 0. The molecule has 0 saturated heterocycles. The summed E-state index contributed by atoms with van der Waals surface area (Å²) >= 11 is 0. The van der Waals surface area contributed by atoms with Crippen LogP contribution in [-0.4, -0.2) is 0 Å². The maximum absolute atomic E-state index is 2.50. The molecule has 0 heteroatoms. The van der Waals surface area contributed by atoms with Gasteiger partial charge in [0, 0.05) is 0 Å². The second-order valence-corrected chi connectivity index (χ2v) is 7.80. The molecule has 0 aliphatic rings. The molecule has 0 amide bonds. The first kappa shape index (κ1) is 20.4. The third-order valence-electron chi connectivity index (χ3n) is 5.49. The lowest BCUT2D eigenvalue weighted by Crippen LogP contribution is -2.04. The Balaban J connectivity index is 1.42. The molecule has 0 saturated carbocycles. The fourth-order valence-corrected chi connectivity index (χ4v) is 3.92. The van der Waals surface area contributed by atoms with Crippen molar-refractivity contribution < 1.29 is 0 Å². The largest absolute Gasteiger partial charge is 0.0622 e. The molecule has 1 radical (unpaired) electrons. The SMILES string of the molecule is [CH](c1ccccc1)C(CCCCCc1ccccc1)CCCc1ccccc1. The Bertz CT molecular complexity index is 746. The number of hydrogen-bond acceptors (Lipinski definition) is 0. The normalized spacial score (nSPS) is 12.0. The van der Waals surface area contributed by atoms with Crippen LogP contribution in [0, 0.1) is 12.3 Å². The van der Waals surface area contributed by atoms with Crippen LogP contribution in [-0.2, 0) is 12.8 Å². The molecular weight excluding hydrogens is 336 g/mol. The fraction of sp³-hybridized carbons (Fsp3) is 0.321. The molecule has 1 unspecified atom stereocenters. The van der Waals surface area contributed by atoms with Crippen molar-refractivity contribution in [2.75, 3.05) is 0 Å². The number of rotatable bonds is 12. The average Bonchev–Trinajstić information content (AvgIpc) is 2.75. The molecule has 28 heavy (non-hydrogen) atoms. The third-order valence-corrected chi connectivity index (χ3v) is 5.49. The van der Waals surface area contributed by atoms with Gasteiger partial charge in [0.15, 0.2) is 0 Å². The van der Waals surface area contributed by atoms with Crippen LogP contribution in [0.5, 0.6) is 0 Å². The second kappa shape index (κ2) is 12.2. The van der Waals surface area contributed by atoms with Crippen LogP contribution in [0.25, 0.3) is 0 Å². The Morgan fingerprint density at radius 1 is 0.500 bits per heavy atom. The van der Waals surface area contributed by atoms with E-state index in [-0.39, 0.29) is 0 Å². The van der Waals surface area contributed by atoms with Gasteiger partial charge in [-0.25, -0.2) is 0 Å². The van der Waals surface area contributed by atoms with E-state index in [4.69, 9.17) is 0 Å². The van der Waals surface area contributed by atoms with Crippen LogP contribution in [0.3, 0.4) is 0 Å². The van der Waals surface area contributed by atoms with Gasteiger partial charge in [-0.05, 0) is 67.6 Å². The molecule has 0 aromatic heterocycles. The summed E-state index contributed by atoms with van der Waals surface area (Å²) in [6.07, 6.45) is 12.7. The molecule has 3 aromatic rings. The molecule has 0 nitrogen and oxygen atoms in total. The van der Waals surface area contributed by atoms with Crippen molar-refractivity contribution in [3.8, 4) is 0 Å². The molecule has 0 bridgehead atoms. The fourth-order valence-electron chi connectivity index (χ4n) is 3.92. The standard InChI is InChI=1S/C28H33/c1-5-14-25(15-6-1)16-9-3-10-21-28(24-27-19-11-4-12-20-27)23-13-22-26-17-7-2-8-18-26/h1-2,4-8,11-12,14-15,17-20,24,28H,3,9-10,13,16,21-23H2. The minimum absolute atomic E-state index is 0.683. The van der Waals surface area contributed by atoms with Crippen molar-refractivity contribution in [1.29, 1.82) is 0 Å². The van der Waals surface area contributed by atoms with E-state index in [1.54, 1.807) is 0 Å². The molecule has 0 spiro atoms. The van der Waals surface area contributed by atoms with E-state index in [9.17, 15) is 0 Å². The smallest absolute Gasteiger partial charge is 0.00621 e. The molecule has 0 aliphatic heterocycles. The molecule has 3 rings (SSSR count). The number of hydrogen-bond donors (Lipinski definition) is 0. The Hall–Kier alpha value is -2.34. The van der Waals surface area contributed by atoms with Gasteiger partial charge in [0.05, 0.1) is 0 Å². The zero-order valence-corrected chi connectivity index (χ0v) is 17.0. The van der Waals surface area contributed by atoms with Gasteiger partial charge in [0.2, 0.25) is 0 Å². The summed E-state index contributed by atoms with van der Waals surface area (Å²) in [5.74, 6) is 0.683. The first-order chi connectivity index (χ1) is 13.9. The number of unbranched alkanes of at least 4 members (excludes halogenated alkanes) is 2. The molecule has 145 valence electrons. The summed E-state index contributed by atoms with van der Waals surface area (Å²) in [6.45, 7) is 0. The van der Waals surface area contributed by atoms with Crippen LogP contribution < -0.4 is 0 Å². The van der Waals surface area contributed by atoms with Crippen molar-refractivity contribution in [3.05, 3.63) is 114 Å². The van der Waals surface area contributed by atoms with Crippen molar-refractivity contribution in [1.82, 2.24) is 0 Å². The van der Waals surface area contributed by atoms with Crippen LogP contribution in [0.15, 0.2) is 91.0 Å². The van der Waals surface area contributed by atoms with Crippen molar-refractivity contribution in [3.63, 3.8) is 0 Å². The Morgan fingerprint density at radius 3 is 1.61 bits per heavy atom. The van der Waals surface area contributed by atoms with Gasteiger partial charge in [-0.3, -0.25) is 0 Å². The molecule has 0 aliphatic carbocycles. The second-order valence-electron chi connectivity index (χ2n) is 7.80. The maximum atomic E-state index is 2.50. The van der Waals surface area contributed by atoms with Crippen molar-refractivity contribution in [2.45, 2.75) is 51.4 Å². The lowest BCUT2D eigenvalue weighted by atomic mass is 9.88. The minimum Gasteiger partial charge on any atom is -0.0622 e. The molecule has 0 fully saturated rings. The van der Waals surface area contributed by atoms with Crippen molar-refractivity contribution in [2.24, 2.45) is 5.92 Å². The predicted octanol–water partition coefficient (Wildman–Crippen LogP) is 7.68. The van der Waals surface area contributed by atoms with Crippen molar-refractivity contribution >= 4 is 0 Å². The summed E-state index contributed by atoms with van der Waals surface area (Å²) in [4.78, 5) is 0. The maximum Gasteiger partial charge on any atom is -0.00621 e. The van der Waals surface area contributed by atoms with Crippen LogP contribution >= 0.6 is 0 Å². The third kappa shape index (κ3) is 7.72. The van der Waals surface area contributed by atoms with E-state index < -0.39 is 0 Å². The summed E-state index contributed by atoms with van der Waals surface area (Å²) in [6, 6.07) is 32.6. The molecule has 1 atom stereocenters. The van der Waals surface area contributed by atoms with Crippen LogP contribution in [0.1, 0.15) is 55.2 Å². The predicted molar refractivity (Wildman–Crippen MR) is 121 cm³/mol. The number of aryl methyl sites for hydroxylation is 2. The van der Waals surface area contributed by atoms with Gasteiger partial charge in [-0.15, -0.1) is 0 Å². The Kier molecular flexibility index (Phi) is 8.88. The highest BCUT2D eigenvalue weighted by Gasteiger charge is 2.10. The summed E-state index contributed by atoms with van der Waals surface area (Å²) < 4.78 is 0. The first-order valence-corrected chi connectivity index (χ1v) is 10.9. The van der Waals surface area contributed by atoms with Gasteiger partial charge in [0.25, 0.3) is 0 Å². The molecule has 3 aromatic carbocycles. The zero-order chi connectivity index (χ0) is 19.3. The zero-order valence-electron chi connectivity index (χ0n) is 17.0. The minimum atomic E-state index is 0.683. The van der Waals surface area contributed by atoms with Gasteiger partial charge in [-0.1, -0.05) is 104 Å². The highest BCUT2D eigenvalue weighted by atomic mass is 14.2. The molecular formula is C28H33. The van der Waals surface area contributed by atoms with E-state index in [0.717, 1.165) is 0 Å². The van der Waals surface area contributed by atoms with E-state index in [0.29, 0.717) is 5.92 Å². The summed E-state index contributed by atoms with van der Waals surface area (Å²) in [5, 5.41) is 0. The highest BCUT2D eigenvalue weighted by Crippen LogP contribution is 2.24. The lowest BCUT2D eigenvalue weighted by molar-refractivity contribution is 0.468. The van der Waals surface area contributed by atoms with E-state index >= 15 is 0 Å². The average molecular weight is 370 g/mol. The number of benzene rings is 3. The summed E-state index contributed by atoms with van der Waals surface area (Å²) in [5.41, 5.74) is 4.30. The monoisotopic (exact) mass is 369 g/mol. The quantitative estimate of drug-likeness (QED) is 0.287. The van der Waals surface area contributed by atoms with E-state index in [1.165, 1.54) is 68.1 Å². The van der Waals surface area contributed by atoms with Crippen LogP contribution in [0.2, 0.25) is 0 Å². The van der Waals surface area contributed by atoms with Gasteiger partial charge < -0.3 is 0 Å². The van der Waals surface area contributed by atoms with Gasteiger partial charge in [0.1, 0.15) is 0 Å². The lowest BCUT2D eigenvalue weighted by Gasteiger charge is -2.17. The Morgan fingerprint density at radius 2 is 1.00 bits per heavy atom. The van der Waals surface area contributed by atoms with E-state index in [2.05, 4.69) is 97.4 Å². The van der Waals surface area contributed by atoms with Crippen LogP contribution in [0.4, 0.5) is 0 Å².